The van der Waals surface area contributed by atoms with Crippen molar-refractivity contribution in [3.05, 3.63) is 0 Å². The quantitative estimate of drug-likeness (QED) is 0.250. The second-order valence-corrected chi connectivity index (χ2v) is 6.54. The summed E-state index contributed by atoms with van der Waals surface area (Å²) in [6.45, 7) is 9.05. The molecule has 0 saturated carbocycles. The number of ether oxygens (including phenoxy) is 3. The zero-order chi connectivity index (χ0) is 17.9. The number of esters is 1. The van der Waals surface area contributed by atoms with Crippen LogP contribution in [0.15, 0.2) is 0 Å². The van der Waals surface area contributed by atoms with E-state index in [4.69, 9.17) is 14.2 Å². The zero-order valence-electron chi connectivity index (χ0n) is 16.3. The van der Waals surface area contributed by atoms with Crippen LogP contribution in [0.3, 0.4) is 0 Å². The van der Waals surface area contributed by atoms with Crippen molar-refractivity contribution in [1.29, 1.82) is 0 Å². The van der Waals surface area contributed by atoms with Gasteiger partial charge in [-0.1, -0.05) is 52.4 Å². The molecule has 0 saturated heterocycles. The summed E-state index contributed by atoms with van der Waals surface area (Å²) in [6.07, 6.45) is 12.0. The van der Waals surface area contributed by atoms with Crippen molar-refractivity contribution in [2.45, 2.75) is 97.5 Å². The summed E-state index contributed by atoms with van der Waals surface area (Å²) in [7, 11) is 0. The van der Waals surface area contributed by atoms with Crippen LogP contribution in [0, 0.1) is 0 Å². The van der Waals surface area contributed by atoms with Crippen molar-refractivity contribution in [2.75, 3.05) is 26.4 Å². The van der Waals surface area contributed by atoms with Crippen LogP contribution in [-0.4, -0.2) is 38.5 Å². The molecule has 24 heavy (non-hydrogen) atoms. The fourth-order valence-corrected chi connectivity index (χ4v) is 2.47. The Morgan fingerprint density at radius 2 is 1.33 bits per heavy atom. The fourth-order valence-electron chi connectivity index (χ4n) is 2.47. The molecule has 0 fully saturated rings. The van der Waals surface area contributed by atoms with E-state index < -0.39 is 0 Å². The first-order valence-electron chi connectivity index (χ1n) is 10.1. The summed E-state index contributed by atoms with van der Waals surface area (Å²) in [5, 5.41) is 0. The lowest BCUT2D eigenvalue weighted by Crippen LogP contribution is -2.15. The molecule has 1 unspecified atom stereocenters. The Bertz CT molecular complexity index is 268. The molecule has 1 atom stereocenters. The predicted molar refractivity (Wildman–Crippen MR) is 99.3 cm³/mol. The van der Waals surface area contributed by atoms with Gasteiger partial charge >= 0.3 is 5.97 Å². The van der Waals surface area contributed by atoms with E-state index in [1.807, 2.05) is 6.92 Å². The first-order chi connectivity index (χ1) is 11.7. The van der Waals surface area contributed by atoms with Gasteiger partial charge in [-0.05, 0) is 32.6 Å². The van der Waals surface area contributed by atoms with Crippen molar-refractivity contribution in [3.63, 3.8) is 0 Å². The molecule has 0 aliphatic carbocycles. The van der Waals surface area contributed by atoms with E-state index in [2.05, 4.69) is 13.8 Å². The third-order valence-corrected chi connectivity index (χ3v) is 3.98. The summed E-state index contributed by atoms with van der Waals surface area (Å²) >= 11 is 0. The predicted octanol–water partition coefficient (Wildman–Crippen LogP) is 5.28. The van der Waals surface area contributed by atoms with Gasteiger partial charge in [-0.3, -0.25) is 4.79 Å². The minimum atomic E-state index is -0.106. The molecule has 0 amide bonds. The molecule has 4 heteroatoms. The number of carbonyl (C=O) groups excluding carboxylic acids is 1. The van der Waals surface area contributed by atoms with E-state index in [-0.39, 0.29) is 12.1 Å². The molecule has 0 N–H and O–H groups in total. The lowest BCUT2D eigenvalue weighted by Gasteiger charge is -2.13. The molecule has 0 radical (unpaired) electrons. The van der Waals surface area contributed by atoms with Gasteiger partial charge in [-0.15, -0.1) is 0 Å². The fraction of sp³-hybridized carbons (Fsp3) is 0.950. The van der Waals surface area contributed by atoms with Gasteiger partial charge in [0.15, 0.2) is 0 Å². The average Bonchev–Trinajstić information content (AvgIpc) is 2.56. The highest BCUT2D eigenvalue weighted by atomic mass is 16.5. The SMILES string of the molecule is CCCCCCCOCCOCCCC(=O)OC(C)CCCCC. The molecular formula is C20H40O4. The molecule has 0 aliphatic heterocycles. The maximum Gasteiger partial charge on any atom is 0.306 e. The smallest absolute Gasteiger partial charge is 0.306 e. The second kappa shape index (κ2) is 18.7. The highest BCUT2D eigenvalue weighted by Gasteiger charge is 2.08. The van der Waals surface area contributed by atoms with E-state index in [0.29, 0.717) is 26.2 Å². The molecule has 0 rings (SSSR count). The van der Waals surface area contributed by atoms with Crippen LogP contribution in [0.1, 0.15) is 91.4 Å². The van der Waals surface area contributed by atoms with E-state index in [1.165, 1.54) is 38.5 Å². The van der Waals surface area contributed by atoms with Crippen LogP contribution in [0.5, 0.6) is 0 Å². The van der Waals surface area contributed by atoms with Gasteiger partial charge in [0.05, 0.1) is 19.3 Å². The van der Waals surface area contributed by atoms with Crippen LogP contribution in [-0.2, 0) is 19.0 Å². The summed E-state index contributed by atoms with van der Waals surface area (Å²) in [5.41, 5.74) is 0. The molecule has 0 aromatic heterocycles. The Labute approximate surface area is 149 Å². The normalized spacial score (nSPS) is 12.3. The maximum atomic E-state index is 11.7. The van der Waals surface area contributed by atoms with Gasteiger partial charge in [0.25, 0.3) is 0 Å². The number of hydrogen-bond donors (Lipinski definition) is 0. The second-order valence-electron chi connectivity index (χ2n) is 6.54. The van der Waals surface area contributed by atoms with Crippen LogP contribution < -0.4 is 0 Å². The van der Waals surface area contributed by atoms with Gasteiger partial charge in [0.1, 0.15) is 0 Å². The Hall–Kier alpha value is -0.610. The number of unbranched alkanes of at least 4 members (excludes halogenated alkanes) is 6. The molecule has 144 valence electrons. The molecule has 0 bridgehead atoms. The summed E-state index contributed by atoms with van der Waals surface area (Å²) < 4.78 is 16.4. The zero-order valence-corrected chi connectivity index (χ0v) is 16.3. The van der Waals surface area contributed by atoms with E-state index in [1.54, 1.807) is 0 Å². The van der Waals surface area contributed by atoms with Crippen molar-refractivity contribution < 1.29 is 19.0 Å². The topological polar surface area (TPSA) is 44.8 Å². The molecular weight excluding hydrogens is 304 g/mol. The molecule has 4 nitrogen and oxygen atoms in total. The third-order valence-electron chi connectivity index (χ3n) is 3.98. The van der Waals surface area contributed by atoms with E-state index >= 15 is 0 Å². The lowest BCUT2D eigenvalue weighted by molar-refractivity contribution is -0.148. The minimum Gasteiger partial charge on any atom is -0.463 e. The molecule has 0 aromatic carbocycles. The Morgan fingerprint density at radius 3 is 2.00 bits per heavy atom. The lowest BCUT2D eigenvalue weighted by atomic mass is 10.1. The molecule has 0 heterocycles. The first kappa shape index (κ1) is 23.4. The minimum absolute atomic E-state index is 0.0377. The van der Waals surface area contributed by atoms with Gasteiger partial charge in [0.2, 0.25) is 0 Å². The summed E-state index contributed by atoms with van der Waals surface area (Å²) in [6, 6.07) is 0. The van der Waals surface area contributed by atoms with Crippen LogP contribution >= 0.6 is 0 Å². The van der Waals surface area contributed by atoms with Gasteiger partial charge in [-0.25, -0.2) is 0 Å². The number of hydrogen-bond acceptors (Lipinski definition) is 4. The van der Waals surface area contributed by atoms with Crippen molar-refractivity contribution in [1.82, 2.24) is 0 Å². The van der Waals surface area contributed by atoms with Crippen molar-refractivity contribution in [3.8, 4) is 0 Å². The standard InChI is InChI=1S/C20H40O4/c1-4-6-8-9-11-15-22-17-18-23-16-12-14-20(21)24-19(3)13-10-7-5-2/h19H,4-18H2,1-3H3. The van der Waals surface area contributed by atoms with Crippen LogP contribution in [0.2, 0.25) is 0 Å². The Balaban J connectivity index is 3.24. The van der Waals surface area contributed by atoms with Crippen LogP contribution in [0.4, 0.5) is 0 Å². The van der Waals surface area contributed by atoms with Crippen LogP contribution in [0.25, 0.3) is 0 Å². The first-order valence-corrected chi connectivity index (χ1v) is 10.1. The highest BCUT2D eigenvalue weighted by molar-refractivity contribution is 5.69. The Morgan fingerprint density at radius 1 is 0.750 bits per heavy atom. The largest absolute Gasteiger partial charge is 0.463 e. The Kier molecular flexibility index (Phi) is 18.2. The highest BCUT2D eigenvalue weighted by Crippen LogP contribution is 2.08. The molecule has 0 aromatic rings. The van der Waals surface area contributed by atoms with Gasteiger partial charge in [0, 0.05) is 19.6 Å². The van der Waals surface area contributed by atoms with Gasteiger partial charge < -0.3 is 14.2 Å². The molecule has 0 spiro atoms. The van der Waals surface area contributed by atoms with Crippen molar-refractivity contribution in [2.24, 2.45) is 0 Å². The van der Waals surface area contributed by atoms with Gasteiger partial charge in [-0.2, -0.15) is 0 Å². The monoisotopic (exact) mass is 344 g/mol. The molecule has 0 aliphatic rings. The number of rotatable bonds is 18. The van der Waals surface area contributed by atoms with E-state index in [0.717, 1.165) is 32.3 Å². The third kappa shape index (κ3) is 17.7. The van der Waals surface area contributed by atoms with Crippen molar-refractivity contribution >= 4 is 5.97 Å². The average molecular weight is 345 g/mol. The summed E-state index contributed by atoms with van der Waals surface area (Å²) in [5.74, 6) is -0.106. The number of carbonyl (C=O) groups is 1. The van der Waals surface area contributed by atoms with E-state index in [9.17, 15) is 4.79 Å². The summed E-state index contributed by atoms with van der Waals surface area (Å²) in [4.78, 5) is 11.7. The maximum absolute atomic E-state index is 11.7.